The van der Waals surface area contributed by atoms with E-state index < -0.39 is 10.7 Å². The van der Waals surface area contributed by atoms with Crippen molar-refractivity contribution in [2.75, 3.05) is 0 Å². The molecule has 1 aromatic rings. The molecule has 0 saturated carbocycles. The zero-order valence-corrected chi connectivity index (χ0v) is 5.41. The first-order valence-electron chi connectivity index (χ1n) is 2.35. The number of thiol groups is 1. The molecular formula is C5H5NO2S. The number of rotatable bonds is 1. The van der Waals surface area contributed by atoms with E-state index in [-0.39, 0.29) is 0 Å². The van der Waals surface area contributed by atoms with Gasteiger partial charge < -0.3 is 0 Å². The third kappa shape index (κ3) is 1.50. The fourth-order valence-corrected chi connectivity index (χ4v) is 0.843. The van der Waals surface area contributed by atoms with Crippen LogP contribution < -0.4 is 0 Å². The fraction of sp³-hybridized carbons (Fsp3) is 0. The molecule has 0 unspecified atom stereocenters. The van der Waals surface area contributed by atoms with Gasteiger partial charge in [-0.1, -0.05) is 0 Å². The van der Waals surface area contributed by atoms with Crippen molar-refractivity contribution in [1.82, 2.24) is 4.98 Å². The maximum atomic E-state index is 10.2. The molecule has 3 nitrogen and oxygen atoms in total. The lowest BCUT2D eigenvalue weighted by Crippen LogP contribution is -1.78. The van der Waals surface area contributed by atoms with E-state index in [1.54, 1.807) is 0 Å². The Labute approximate surface area is 54.3 Å². The Kier molecular flexibility index (Phi) is 1.79. The van der Waals surface area contributed by atoms with Crippen molar-refractivity contribution in [1.29, 1.82) is 0 Å². The van der Waals surface area contributed by atoms with Gasteiger partial charge >= 0.3 is 0 Å². The predicted molar refractivity (Wildman–Crippen MR) is 32.8 cm³/mol. The molecule has 0 bridgehead atoms. The van der Waals surface area contributed by atoms with E-state index in [1.807, 2.05) is 0 Å². The molecule has 4 heteroatoms. The topological polar surface area (TPSA) is 47.0 Å². The lowest BCUT2D eigenvalue weighted by Gasteiger charge is -1.83. The molecule has 0 radical (unpaired) electrons. The highest BCUT2D eigenvalue weighted by Gasteiger charge is 1.88. The van der Waals surface area contributed by atoms with Gasteiger partial charge in [-0.15, -0.1) is 0 Å². The lowest BCUT2D eigenvalue weighted by atomic mass is 10.5. The van der Waals surface area contributed by atoms with Crippen LogP contribution in [0.15, 0.2) is 29.4 Å². The average Bonchev–Trinajstić information content (AvgIpc) is 1.90. The minimum absolute atomic E-state index is 0.306. The Morgan fingerprint density at radius 1 is 1.22 bits per heavy atom. The van der Waals surface area contributed by atoms with Crippen molar-refractivity contribution in [2.45, 2.75) is 4.90 Å². The monoisotopic (exact) mass is 143 g/mol. The van der Waals surface area contributed by atoms with Crippen LogP contribution in [0.5, 0.6) is 0 Å². The quantitative estimate of drug-likeness (QED) is 0.565. The Morgan fingerprint density at radius 2 is 1.78 bits per heavy atom. The second kappa shape index (κ2) is 2.59. The van der Waals surface area contributed by atoms with Crippen LogP contribution in [0.2, 0.25) is 0 Å². The summed E-state index contributed by atoms with van der Waals surface area (Å²) in [5.74, 6) is 0. The van der Waals surface area contributed by atoms with E-state index in [0.29, 0.717) is 4.90 Å². The molecule has 0 aromatic carbocycles. The van der Waals surface area contributed by atoms with Crippen LogP contribution >= 0.6 is 0 Å². The summed E-state index contributed by atoms with van der Waals surface area (Å²) >= 11 is 0. The highest BCUT2D eigenvalue weighted by Crippen LogP contribution is 1.95. The summed E-state index contributed by atoms with van der Waals surface area (Å²) in [6.45, 7) is 0. The highest BCUT2D eigenvalue weighted by atomic mass is 32.2. The third-order valence-corrected chi connectivity index (χ3v) is 1.59. The molecular weight excluding hydrogens is 138 g/mol. The molecule has 1 heterocycles. The van der Waals surface area contributed by atoms with Gasteiger partial charge in [-0.3, -0.25) is 4.98 Å². The van der Waals surface area contributed by atoms with Crippen LogP contribution in [-0.4, -0.2) is 13.4 Å². The Hall–Kier alpha value is -0.900. The van der Waals surface area contributed by atoms with Gasteiger partial charge in [0.15, 0.2) is 10.7 Å². The van der Waals surface area contributed by atoms with Gasteiger partial charge in [0.2, 0.25) is 0 Å². The molecule has 0 aliphatic heterocycles. The van der Waals surface area contributed by atoms with Crippen LogP contribution in [0.4, 0.5) is 0 Å². The number of nitrogens with zero attached hydrogens (tertiary/aromatic N) is 1. The predicted octanol–water partition coefficient (Wildman–Crippen LogP) is 0.0519. The molecule has 0 spiro atoms. The summed E-state index contributed by atoms with van der Waals surface area (Å²) in [5, 5.41) is 0. The number of pyridine rings is 1. The fourth-order valence-electron chi connectivity index (χ4n) is 0.466. The molecule has 0 amide bonds. The van der Waals surface area contributed by atoms with Crippen LogP contribution in [0.3, 0.4) is 0 Å². The van der Waals surface area contributed by atoms with Gasteiger partial charge in [-0.05, 0) is 12.1 Å². The van der Waals surface area contributed by atoms with E-state index >= 15 is 0 Å². The van der Waals surface area contributed by atoms with Gasteiger partial charge in [-0.2, -0.15) is 0 Å². The van der Waals surface area contributed by atoms with Gasteiger partial charge in [0.1, 0.15) is 0 Å². The lowest BCUT2D eigenvalue weighted by molar-refractivity contribution is 0.614. The number of hydrogen-bond acceptors (Lipinski definition) is 3. The first kappa shape index (κ1) is 6.22. The molecule has 0 N–H and O–H groups in total. The first-order valence-corrected chi connectivity index (χ1v) is 3.53. The van der Waals surface area contributed by atoms with Crippen molar-refractivity contribution in [3.05, 3.63) is 24.5 Å². The van der Waals surface area contributed by atoms with Crippen molar-refractivity contribution in [3.8, 4) is 0 Å². The second-order valence-electron chi connectivity index (χ2n) is 1.46. The summed E-state index contributed by atoms with van der Waals surface area (Å²) in [5.41, 5.74) is 0. The summed E-state index contributed by atoms with van der Waals surface area (Å²) in [6, 6.07) is 2.90. The molecule has 0 aliphatic rings. The third-order valence-electron chi connectivity index (χ3n) is 0.874. The maximum absolute atomic E-state index is 10.2. The summed E-state index contributed by atoms with van der Waals surface area (Å²) in [6.07, 6.45) is 2.89. The van der Waals surface area contributed by atoms with Crippen LogP contribution in [-0.2, 0) is 10.7 Å². The van der Waals surface area contributed by atoms with Crippen LogP contribution in [0, 0.1) is 0 Å². The average molecular weight is 143 g/mol. The summed E-state index contributed by atoms with van der Waals surface area (Å²) < 4.78 is 20.4. The Morgan fingerprint density at radius 3 is 2.11 bits per heavy atom. The Balaban J connectivity index is 3.13. The molecule has 48 valence electrons. The van der Waals surface area contributed by atoms with Crippen molar-refractivity contribution < 1.29 is 8.42 Å². The van der Waals surface area contributed by atoms with Gasteiger partial charge in [0.05, 0.1) is 4.90 Å². The standard InChI is InChI=1S/C5H5NO2S/c7-9(8)5-1-3-6-4-2-5/h1-4,9H. The van der Waals surface area contributed by atoms with Gasteiger partial charge in [0.25, 0.3) is 0 Å². The molecule has 1 aromatic heterocycles. The summed E-state index contributed by atoms with van der Waals surface area (Å²) in [4.78, 5) is 3.97. The molecule has 0 fully saturated rings. The molecule has 0 atom stereocenters. The minimum Gasteiger partial charge on any atom is -0.265 e. The minimum atomic E-state index is -2.44. The second-order valence-corrected chi connectivity index (χ2v) is 2.49. The van der Waals surface area contributed by atoms with E-state index in [2.05, 4.69) is 4.98 Å². The first-order chi connectivity index (χ1) is 4.30. The highest BCUT2D eigenvalue weighted by molar-refractivity contribution is 7.72. The van der Waals surface area contributed by atoms with E-state index in [9.17, 15) is 8.42 Å². The smallest absolute Gasteiger partial charge is 0.168 e. The van der Waals surface area contributed by atoms with Crippen LogP contribution in [0.1, 0.15) is 0 Å². The number of hydrogen-bond donors (Lipinski definition) is 1. The normalized spacial score (nSPS) is 9.89. The summed E-state index contributed by atoms with van der Waals surface area (Å²) in [7, 11) is -2.44. The van der Waals surface area contributed by atoms with Gasteiger partial charge in [0, 0.05) is 12.4 Å². The zero-order valence-electron chi connectivity index (χ0n) is 4.52. The maximum Gasteiger partial charge on any atom is 0.168 e. The van der Waals surface area contributed by atoms with Crippen LogP contribution in [0.25, 0.3) is 0 Å². The zero-order chi connectivity index (χ0) is 6.69. The molecule has 9 heavy (non-hydrogen) atoms. The number of aromatic nitrogens is 1. The van der Waals surface area contributed by atoms with Crippen molar-refractivity contribution in [3.63, 3.8) is 0 Å². The molecule has 0 aliphatic carbocycles. The largest absolute Gasteiger partial charge is 0.265 e. The molecule has 0 saturated heterocycles. The van der Waals surface area contributed by atoms with E-state index in [1.165, 1.54) is 24.5 Å². The SMILES string of the molecule is O=[SH](=O)c1ccncc1. The van der Waals surface area contributed by atoms with Crippen molar-refractivity contribution in [2.24, 2.45) is 0 Å². The van der Waals surface area contributed by atoms with Gasteiger partial charge in [-0.25, -0.2) is 8.42 Å². The Bertz CT molecular complexity index is 247. The van der Waals surface area contributed by atoms with E-state index in [0.717, 1.165) is 0 Å². The van der Waals surface area contributed by atoms with Crippen molar-refractivity contribution >= 4 is 10.7 Å². The van der Waals surface area contributed by atoms with E-state index in [4.69, 9.17) is 0 Å². The molecule has 1 rings (SSSR count).